The zero-order valence-corrected chi connectivity index (χ0v) is 15.3. The van der Waals surface area contributed by atoms with Crippen molar-refractivity contribution < 1.29 is 9.59 Å². The van der Waals surface area contributed by atoms with Crippen LogP contribution in [0.2, 0.25) is 0 Å². The highest BCUT2D eigenvalue weighted by Crippen LogP contribution is 2.64. The average Bonchev–Trinajstić information content (AvgIpc) is 2.86. The summed E-state index contributed by atoms with van der Waals surface area (Å²) in [5.74, 6) is 1.98. The Labute approximate surface area is 145 Å². The molecular weight excluding hydrogens is 296 g/mol. The van der Waals surface area contributed by atoms with Gasteiger partial charge in [-0.1, -0.05) is 30.2 Å². The summed E-state index contributed by atoms with van der Waals surface area (Å²) in [6, 6.07) is 0. The number of hydrogen-bond donors (Lipinski definition) is 0. The molecule has 4 aliphatic carbocycles. The summed E-state index contributed by atoms with van der Waals surface area (Å²) in [6.45, 7) is 8.37. The summed E-state index contributed by atoms with van der Waals surface area (Å²) in [5.41, 5.74) is 3.77. The number of carbonyl (C=O) groups is 2. The Morgan fingerprint density at radius 2 is 1.96 bits per heavy atom. The van der Waals surface area contributed by atoms with Crippen LogP contribution in [0.3, 0.4) is 0 Å². The minimum Gasteiger partial charge on any atom is -0.300 e. The van der Waals surface area contributed by atoms with Crippen molar-refractivity contribution >= 4 is 11.6 Å². The summed E-state index contributed by atoms with van der Waals surface area (Å²) in [6.07, 6.45) is 12.0. The van der Waals surface area contributed by atoms with Crippen LogP contribution >= 0.6 is 0 Å². The summed E-state index contributed by atoms with van der Waals surface area (Å²) in [7, 11) is 0. The first-order valence-corrected chi connectivity index (χ1v) is 9.43. The lowest BCUT2D eigenvalue weighted by Gasteiger charge is -2.52. The SMILES string of the molecule is CC(=O)[C@H]1CC[C@H]2[C@@H]3CCC4=CC(=O)C(C)=C[C@]4(C)C3=CC[C@]12C. The van der Waals surface area contributed by atoms with E-state index in [1.54, 1.807) is 6.92 Å². The molecule has 0 N–H and O–H groups in total. The molecule has 4 rings (SSSR count). The predicted octanol–water partition coefficient (Wildman–Crippen LogP) is 4.81. The third kappa shape index (κ3) is 1.95. The van der Waals surface area contributed by atoms with Crippen LogP contribution < -0.4 is 0 Å². The summed E-state index contributed by atoms with van der Waals surface area (Å²) >= 11 is 0. The quantitative estimate of drug-likeness (QED) is 0.649. The smallest absolute Gasteiger partial charge is 0.181 e. The number of carbonyl (C=O) groups excluding carboxylic acids is 2. The standard InChI is InChI=1S/C22H28O2/c1-13-12-22(4)15(11-20(13)24)5-6-16-18-8-7-17(14(2)23)21(18,3)10-9-19(16)22/h9,11-12,16-18H,5-8,10H2,1-4H3/t16-,17+,18-,21+,22-/m0/s1. The van der Waals surface area contributed by atoms with Crippen LogP contribution in [0.5, 0.6) is 0 Å². The van der Waals surface area contributed by atoms with Crippen LogP contribution in [0.15, 0.2) is 34.9 Å². The van der Waals surface area contributed by atoms with Gasteiger partial charge in [-0.15, -0.1) is 0 Å². The van der Waals surface area contributed by atoms with Gasteiger partial charge in [0, 0.05) is 11.3 Å². The minimum atomic E-state index is -0.0729. The van der Waals surface area contributed by atoms with Gasteiger partial charge in [-0.05, 0) is 81.8 Å². The number of allylic oxidation sites excluding steroid dienone is 6. The molecule has 2 fully saturated rings. The third-order valence-electron chi connectivity index (χ3n) is 7.74. The Hall–Kier alpha value is -1.44. The van der Waals surface area contributed by atoms with Crippen LogP contribution in [0.1, 0.15) is 59.8 Å². The molecule has 0 aliphatic heterocycles. The van der Waals surface area contributed by atoms with Gasteiger partial charge >= 0.3 is 0 Å². The lowest BCUT2D eigenvalue weighted by molar-refractivity contribution is -0.124. The van der Waals surface area contributed by atoms with Crippen LogP contribution in [-0.4, -0.2) is 11.6 Å². The molecule has 0 aromatic carbocycles. The summed E-state index contributed by atoms with van der Waals surface area (Å²) in [5, 5.41) is 0. The lowest BCUT2D eigenvalue weighted by atomic mass is 9.52. The summed E-state index contributed by atoms with van der Waals surface area (Å²) in [4.78, 5) is 24.3. The van der Waals surface area contributed by atoms with E-state index < -0.39 is 0 Å². The zero-order chi connectivity index (χ0) is 17.3. The van der Waals surface area contributed by atoms with Gasteiger partial charge in [0.05, 0.1) is 0 Å². The fraction of sp³-hybridized carbons (Fsp3) is 0.636. The first-order chi connectivity index (χ1) is 11.3. The second-order valence-corrected chi connectivity index (χ2v) is 8.93. The fourth-order valence-electron chi connectivity index (χ4n) is 6.47. The summed E-state index contributed by atoms with van der Waals surface area (Å²) < 4.78 is 0. The number of hydrogen-bond acceptors (Lipinski definition) is 2. The largest absolute Gasteiger partial charge is 0.300 e. The molecule has 0 spiro atoms. The van der Waals surface area contributed by atoms with Gasteiger partial charge < -0.3 is 0 Å². The van der Waals surface area contributed by atoms with E-state index in [2.05, 4.69) is 26.0 Å². The highest BCUT2D eigenvalue weighted by molar-refractivity contribution is 6.05. The molecule has 4 aliphatic rings. The van der Waals surface area contributed by atoms with E-state index >= 15 is 0 Å². The first-order valence-electron chi connectivity index (χ1n) is 9.43. The highest BCUT2D eigenvalue weighted by Gasteiger charge is 2.56. The Morgan fingerprint density at radius 1 is 1.21 bits per heavy atom. The predicted molar refractivity (Wildman–Crippen MR) is 95.4 cm³/mol. The van der Waals surface area contributed by atoms with E-state index in [0.29, 0.717) is 17.6 Å². The van der Waals surface area contributed by atoms with Gasteiger partial charge in [0.15, 0.2) is 5.78 Å². The maximum Gasteiger partial charge on any atom is 0.181 e. The van der Waals surface area contributed by atoms with Gasteiger partial charge in [0.25, 0.3) is 0 Å². The molecule has 0 heterocycles. The zero-order valence-electron chi connectivity index (χ0n) is 15.3. The van der Waals surface area contributed by atoms with Crippen molar-refractivity contribution in [3.63, 3.8) is 0 Å². The maximum absolute atomic E-state index is 12.2. The van der Waals surface area contributed by atoms with E-state index in [9.17, 15) is 9.59 Å². The second-order valence-electron chi connectivity index (χ2n) is 8.93. The topological polar surface area (TPSA) is 34.1 Å². The van der Waals surface area contributed by atoms with Gasteiger partial charge in [0.1, 0.15) is 5.78 Å². The highest BCUT2D eigenvalue weighted by atomic mass is 16.1. The maximum atomic E-state index is 12.2. The van der Waals surface area contributed by atoms with Gasteiger partial charge in [0.2, 0.25) is 0 Å². The van der Waals surface area contributed by atoms with Crippen molar-refractivity contribution in [2.24, 2.45) is 28.6 Å². The fourth-order valence-corrected chi connectivity index (χ4v) is 6.47. The van der Waals surface area contributed by atoms with Gasteiger partial charge in [-0.3, -0.25) is 9.59 Å². The molecular formula is C22H28O2. The molecule has 0 saturated heterocycles. The lowest BCUT2D eigenvalue weighted by Crippen LogP contribution is -2.44. The van der Waals surface area contributed by atoms with Crippen LogP contribution in [0, 0.1) is 28.6 Å². The van der Waals surface area contributed by atoms with Crippen LogP contribution in [-0.2, 0) is 9.59 Å². The normalized spacial score (nSPS) is 43.9. The average molecular weight is 324 g/mol. The van der Waals surface area contributed by atoms with Crippen molar-refractivity contribution in [2.75, 3.05) is 0 Å². The number of fused-ring (bicyclic) bond motifs is 5. The van der Waals surface area contributed by atoms with Crippen molar-refractivity contribution in [3.8, 4) is 0 Å². The van der Waals surface area contributed by atoms with E-state index in [0.717, 1.165) is 31.3 Å². The van der Waals surface area contributed by atoms with E-state index in [1.165, 1.54) is 17.6 Å². The Bertz CT molecular complexity index is 722. The van der Waals surface area contributed by atoms with E-state index in [-0.39, 0.29) is 22.5 Å². The van der Waals surface area contributed by atoms with Crippen LogP contribution in [0.4, 0.5) is 0 Å². The molecule has 2 saturated carbocycles. The number of ketones is 2. The minimum absolute atomic E-state index is 0.0729. The van der Waals surface area contributed by atoms with Gasteiger partial charge in [-0.2, -0.15) is 0 Å². The van der Waals surface area contributed by atoms with E-state index in [4.69, 9.17) is 0 Å². The van der Waals surface area contributed by atoms with Gasteiger partial charge in [-0.25, -0.2) is 0 Å². The molecule has 0 bridgehead atoms. The van der Waals surface area contributed by atoms with Crippen LogP contribution in [0.25, 0.3) is 0 Å². The van der Waals surface area contributed by atoms with Crippen molar-refractivity contribution in [2.45, 2.75) is 59.8 Å². The van der Waals surface area contributed by atoms with Crippen molar-refractivity contribution in [1.29, 1.82) is 0 Å². The number of Topliss-reactive ketones (excluding diaryl/α,β-unsaturated/α-hetero) is 1. The Kier molecular flexibility index (Phi) is 3.37. The Morgan fingerprint density at radius 3 is 2.67 bits per heavy atom. The molecule has 24 heavy (non-hydrogen) atoms. The number of rotatable bonds is 1. The second kappa shape index (κ2) is 5.03. The molecule has 0 amide bonds. The first kappa shape index (κ1) is 16.1. The Balaban J connectivity index is 1.78. The van der Waals surface area contributed by atoms with Crippen molar-refractivity contribution in [3.05, 3.63) is 34.9 Å². The molecule has 0 aromatic heterocycles. The third-order valence-corrected chi connectivity index (χ3v) is 7.74. The molecule has 0 radical (unpaired) electrons. The molecule has 2 heteroatoms. The van der Waals surface area contributed by atoms with Crippen molar-refractivity contribution in [1.82, 2.24) is 0 Å². The molecule has 128 valence electrons. The molecule has 0 unspecified atom stereocenters. The van der Waals surface area contributed by atoms with E-state index in [1.807, 2.05) is 13.0 Å². The molecule has 5 atom stereocenters. The monoisotopic (exact) mass is 324 g/mol. The molecule has 0 aromatic rings. The molecule has 2 nitrogen and oxygen atoms in total.